The van der Waals surface area contributed by atoms with Crippen LogP contribution in [0.3, 0.4) is 0 Å². The predicted octanol–water partition coefficient (Wildman–Crippen LogP) is 2.62. The van der Waals surface area contributed by atoms with Gasteiger partial charge >= 0.3 is 5.69 Å². The Morgan fingerprint density at radius 2 is 2.00 bits per heavy atom. The van der Waals surface area contributed by atoms with Gasteiger partial charge in [-0.1, -0.05) is 18.5 Å². The normalized spacial score (nSPS) is 13.0. The third-order valence-corrected chi connectivity index (χ3v) is 4.80. The molecule has 2 aromatic heterocycles. The summed E-state index contributed by atoms with van der Waals surface area (Å²) in [5.74, 6) is 0.538. The van der Waals surface area contributed by atoms with Gasteiger partial charge in [-0.05, 0) is 39.3 Å². The monoisotopic (exact) mass is 436 g/mol. The van der Waals surface area contributed by atoms with Gasteiger partial charge in [0.2, 0.25) is 0 Å². The highest BCUT2D eigenvalue weighted by atomic mass is 35.5. The molecule has 0 aromatic carbocycles. The first-order chi connectivity index (χ1) is 14.1. The van der Waals surface area contributed by atoms with Gasteiger partial charge in [0.1, 0.15) is 5.82 Å². The van der Waals surface area contributed by atoms with Crippen LogP contribution in [0.2, 0.25) is 5.02 Å². The molecule has 2 heterocycles. The summed E-state index contributed by atoms with van der Waals surface area (Å²) in [4.78, 5) is 34.3. The van der Waals surface area contributed by atoms with Crippen LogP contribution in [0.4, 0.5) is 5.82 Å². The van der Waals surface area contributed by atoms with Crippen molar-refractivity contribution in [3.8, 4) is 0 Å². The van der Waals surface area contributed by atoms with Gasteiger partial charge in [0, 0.05) is 44.4 Å². The predicted molar refractivity (Wildman–Crippen MR) is 118 cm³/mol. The van der Waals surface area contributed by atoms with E-state index in [4.69, 9.17) is 21.4 Å². The molecule has 1 unspecified atom stereocenters. The number of aliphatic hydroxyl groups excluding tert-OH is 1. The topological polar surface area (TPSA) is 98.7 Å². The molecule has 0 radical (unpaired) electrons. The minimum Gasteiger partial charge on any atom is -0.478 e. The molecular formula is C21H29ClN4O4. The first kappa shape index (κ1) is 23.8. The van der Waals surface area contributed by atoms with E-state index in [1.54, 1.807) is 26.2 Å². The summed E-state index contributed by atoms with van der Waals surface area (Å²) in [6, 6.07) is 3.62. The molecule has 1 atom stereocenters. The lowest BCUT2D eigenvalue weighted by molar-refractivity contribution is 0.212. The number of nitrogens with zero attached hydrogens (tertiary/aromatic N) is 4. The summed E-state index contributed by atoms with van der Waals surface area (Å²) < 4.78 is 8.39. The molecule has 0 bridgehead atoms. The summed E-state index contributed by atoms with van der Waals surface area (Å²) >= 11 is 5.91. The zero-order valence-electron chi connectivity index (χ0n) is 18.1. The molecule has 1 N–H and O–H groups in total. The zero-order valence-corrected chi connectivity index (χ0v) is 18.8. The Kier molecular flexibility index (Phi) is 8.37. The average Bonchev–Trinajstić information content (AvgIpc) is 2.70. The van der Waals surface area contributed by atoms with Crippen molar-refractivity contribution in [2.45, 2.75) is 53.2 Å². The summed E-state index contributed by atoms with van der Waals surface area (Å²) in [6.07, 6.45) is 2.34. The van der Waals surface area contributed by atoms with E-state index >= 15 is 0 Å². The molecule has 2 aromatic rings. The van der Waals surface area contributed by atoms with Crippen LogP contribution in [0.25, 0.3) is 0 Å². The van der Waals surface area contributed by atoms with Crippen molar-refractivity contribution in [3.63, 3.8) is 0 Å². The van der Waals surface area contributed by atoms with Crippen molar-refractivity contribution in [3.05, 3.63) is 55.4 Å². The highest BCUT2D eigenvalue weighted by Gasteiger charge is 2.19. The molecule has 2 rings (SSSR count). The van der Waals surface area contributed by atoms with Crippen molar-refractivity contribution in [1.82, 2.24) is 14.1 Å². The van der Waals surface area contributed by atoms with Crippen LogP contribution < -0.4 is 11.2 Å². The summed E-state index contributed by atoms with van der Waals surface area (Å²) in [7, 11) is 1.57. The lowest BCUT2D eigenvalue weighted by Gasteiger charge is -2.20. The van der Waals surface area contributed by atoms with Crippen LogP contribution in [0.5, 0.6) is 0 Å². The van der Waals surface area contributed by atoms with Gasteiger partial charge in [-0.3, -0.25) is 18.9 Å². The first-order valence-corrected chi connectivity index (χ1v) is 10.3. The number of hydrogen-bond acceptors (Lipinski definition) is 6. The second kappa shape index (κ2) is 10.5. The molecule has 30 heavy (non-hydrogen) atoms. The summed E-state index contributed by atoms with van der Waals surface area (Å²) in [5, 5.41) is 9.59. The number of halogens is 1. The molecular weight excluding hydrogens is 408 g/mol. The number of ether oxygens (including phenoxy) is 1. The molecule has 164 valence electrons. The van der Waals surface area contributed by atoms with E-state index in [1.165, 1.54) is 4.57 Å². The fraction of sp³-hybridized carbons (Fsp3) is 0.524. The van der Waals surface area contributed by atoms with Crippen molar-refractivity contribution in [2.24, 2.45) is 18.0 Å². The molecule has 0 saturated heterocycles. The number of hydrogen-bond donors (Lipinski definition) is 1. The summed E-state index contributed by atoms with van der Waals surface area (Å²) in [5.41, 5.74) is 0.281. The van der Waals surface area contributed by atoms with Crippen molar-refractivity contribution in [1.29, 1.82) is 0 Å². The second-order valence-electron chi connectivity index (χ2n) is 7.51. The SMILES string of the molecule is Cc1c(N=C(OC(C)C)C(C)Cc2ccc(Cl)cn2)n(C)c(=O)n(CCCO)c1=O. The lowest BCUT2D eigenvalue weighted by atomic mass is 10.0. The number of aromatic nitrogens is 3. The van der Waals surface area contributed by atoms with Gasteiger partial charge in [-0.15, -0.1) is 0 Å². The molecule has 0 spiro atoms. The van der Waals surface area contributed by atoms with Gasteiger partial charge in [-0.25, -0.2) is 4.79 Å². The lowest BCUT2D eigenvalue weighted by Crippen LogP contribution is -2.40. The van der Waals surface area contributed by atoms with Crippen LogP contribution >= 0.6 is 11.6 Å². The third-order valence-electron chi connectivity index (χ3n) is 4.57. The Morgan fingerprint density at radius 1 is 1.30 bits per heavy atom. The quantitative estimate of drug-likeness (QED) is 0.506. The number of aliphatic hydroxyl groups is 1. The zero-order chi connectivity index (χ0) is 22.4. The van der Waals surface area contributed by atoms with Crippen LogP contribution in [0, 0.1) is 12.8 Å². The van der Waals surface area contributed by atoms with Crippen LogP contribution in [-0.4, -0.2) is 37.8 Å². The van der Waals surface area contributed by atoms with E-state index in [9.17, 15) is 9.59 Å². The maximum Gasteiger partial charge on any atom is 0.332 e. The van der Waals surface area contributed by atoms with E-state index in [0.29, 0.717) is 29.3 Å². The highest BCUT2D eigenvalue weighted by molar-refractivity contribution is 6.30. The van der Waals surface area contributed by atoms with Crippen LogP contribution in [0.15, 0.2) is 32.9 Å². The minimum absolute atomic E-state index is 0.100. The Balaban J connectivity index is 2.49. The van der Waals surface area contributed by atoms with E-state index in [2.05, 4.69) is 9.98 Å². The van der Waals surface area contributed by atoms with Gasteiger partial charge in [0.25, 0.3) is 5.56 Å². The van der Waals surface area contributed by atoms with Crippen molar-refractivity contribution < 1.29 is 9.84 Å². The Bertz CT molecular complexity index is 972. The number of aliphatic imine (C=N–C) groups is 1. The standard InChI is InChI=1S/C21H29ClN4O4/c1-13(2)30-19(14(3)11-17-8-7-16(22)12-23-17)24-18-15(4)20(28)26(9-6-10-27)21(29)25(18)5/h7-8,12-14,27H,6,9-11H2,1-5H3. The van der Waals surface area contributed by atoms with Gasteiger partial charge in [0.15, 0.2) is 5.90 Å². The van der Waals surface area contributed by atoms with E-state index in [1.807, 2.05) is 26.8 Å². The summed E-state index contributed by atoms with van der Waals surface area (Å²) in [6.45, 7) is 7.42. The van der Waals surface area contributed by atoms with Crippen molar-refractivity contribution >= 4 is 23.3 Å². The smallest absolute Gasteiger partial charge is 0.332 e. The molecule has 0 aliphatic carbocycles. The Hall–Kier alpha value is -2.45. The van der Waals surface area contributed by atoms with E-state index in [-0.39, 0.29) is 31.0 Å². The molecule has 0 aliphatic rings. The number of rotatable bonds is 8. The molecule has 0 saturated carbocycles. The molecule has 9 heteroatoms. The fourth-order valence-corrected chi connectivity index (χ4v) is 3.13. The fourth-order valence-electron chi connectivity index (χ4n) is 3.02. The highest BCUT2D eigenvalue weighted by Crippen LogP contribution is 2.19. The molecule has 0 aliphatic heterocycles. The van der Waals surface area contributed by atoms with Crippen LogP contribution in [-0.2, 0) is 24.8 Å². The third kappa shape index (κ3) is 5.79. The molecule has 0 fully saturated rings. The number of pyridine rings is 1. The minimum atomic E-state index is -0.478. The molecule has 8 nitrogen and oxygen atoms in total. The largest absolute Gasteiger partial charge is 0.478 e. The maximum absolute atomic E-state index is 12.7. The Labute approximate surface area is 180 Å². The first-order valence-electron chi connectivity index (χ1n) is 9.92. The van der Waals surface area contributed by atoms with E-state index < -0.39 is 11.2 Å². The second-order valence-corrected chi connectivity index (χ2v) is 7.95. The van der Waals surface area contributed by atoms with Gasteiger partial charge < -0.3 is 9.84 Å². The average molecular weight is 437 g/mol. The maximum atomic E-state index is 12.7. The van der Waals surface area contributed by atoms with Gasteiger partial charge in [0.05, 0.1) is 16.7 Å². The van der Waals surface area contributed by atoms with Gasteiger partial charge in [-0.2, -0.15) is 4.99 Å². The van der Waals surface area contributed by atoms with Crippen LogP contribution in [0.1, 0.15) is 38.4 Å². The van der Waals surface area contributed by atoms with E-state index in [0.717, 1.165) is 10.3 Å². The Morgan fingerprint density at radius 3 is 2.57 bits per heavy atom. The van der Waals surface area contributed by atoms with Crippen molar-refractivity contribution in [2.75, 3.05) is 6.61 Å². The molecule has 0 amide bonds.